The van der Waals surface area contributed by atoms with Crippen molar-refractivity contribution >= 4 is 12.3 Å². The number of hydrogen-bond donors (Lipinski definition) is 0. The van der Waals surface area contributed by atoms with Crippen LogP contribution in [0.4, 0.5) is 0 Å². The van der Waals surface area contributed by atoms with Crippen molar-refractivity contribution in [3.8, 4) is 0 Å². The van der Waals surface area contributed by atoms with Crippen LogP contribution in [0.15, 0.2) is 36.4 Å². The largest absolute Gasteiger partial charge is 0.234 e. The molecule has 0 unspecified atom stereocenters. The third-order valence-electron chi connectivity index (χ3n) is 2.97. The van der Waals surface area contributed by atoms with Crippen molar-refractivity contribution in [2.45, 2.75) is 25.8 Å². The summed E-state index contributed by atoms with van der Waals surface area (Å²) in [5.74, 6) is 0. The lowest BCUT2D eigenvalue weighted by Gasteiger charge is -1.97. The van der Waals surface area contributed by atoms with E-state index in [1.807, 2.05) is 6.07 Å². The highest BCUT2D eigenvalue weighted by molar-refractivity contribution is 5.74. The number of hydrogen-bond acceptors (Lipinski definition) is 0. The minimum Gasteiger partial charge on any atom is -0.234 e. The molecule has 0 bridgehead atoms. The van der Waals surface area contributed by atoms with Crippen molar-refractivity contribution in [3.63, 3.8) is 0 Å². The summed E-state index contributed by atoms with van der Waals surface area (Å²) >= 11 is 0. The lowest BCUT2D eigenvalue weighted by Crippen LogP contribution is -2.15. The number of benzene rings is 1. The van der Waals surface area contributed by atoms with E-state index in [4.69, 9.17) is 0 Å². The highest BCUT2D eigenvalue weighted by Gasteiger charge is 2.21. The number of nitrogens with zero attached hydrogens (tertiary/aromatic N) is 1. The number of allylic oxidation sites excluding steroid dienone is 1. The highest BCUT2D eigenvalue weighted by Crippen LogP contribution is 2.10. The first-order valence-electron chi connectivity index (χ1n) is 5.68. The van der Waals surface area contributed by atoms with Gasteiger partial charge in [-0.05, 0) is 18.6 Å². The van der Waals surface area contributed by atoms with Crippen LogP contribution >= 0.6 is 0 Å². The van der Waals surface area contributed by atoms with Gasteiger partial charge in [-0.1, -0.05) is 30.3 Å². The molecule has 0 radical (unpaired) electrons. The molecule has 1 nitrogen and oxygen atoms in total. The first-order valence-corrected chi connectivity index (χ1v) is 5.68. The Hall–Kier alpha value is -1.37. The fourth-order valence-corrected chi connectivity index (χ4v) is 2.01. The van der Waals surface area contributed by atoms with Crippen LogP contribution in [0.2, 0.25) is 0 Å². The Balaban J connectivity index is 2.01. The van der Waals surface area contributed by atoms with E-state index >= 15 is 0 Å². The van der Waals surface area contributed by atoms with Gasteiger partial charge in [0.25, 0.3) is 0 Å². The van der Waals surface area contributed by atoms with Crippen molar-refractivity contribution in [2.24, 2.45) is 0 Å². The standard InChI is InChI=1S/C14H18N/c1-13-7-5-11-15(13)12-6-10-14-8-3-2-4-9-14/h2-4,6,8-10,12-13H,5,7,11H2,1H3/q+1/b10-6+,15-12?/t13-/m0/s1. The minimum absolute atomic E-state index is 0.713. The van der Waals surface area contributed by atoms with Gasteiger partial charge in [0.2, 0.25) is 0 Å². The quantitative estimate of drug-likeness (QED) is 0.646. The zero-order valence-corrected chi connectivity index (χ0v) is 9.26. The van der Waals surface area contributed by atoms with Gasteiger partial charge in [-0.3, -0.25) is 0 Å². The Labute approximate surface area is 91.8 Å². The predicted octanol–water partition coefficient (Wildman–Crippen LogP) is 2.97. The molecule has 1 heteroatoms. The SMILES string of the molecule is C[C@H]1CCC[N+]1=C/C=C/c1ccccc1. The van der Waals surface area contributed by atoms with Gasteiger partial charge in [0.15, 0.2) is 6.21 Å². The first kappa shape index (κ1) is 10.2. The molecule has 1 aliphatic rings. The van der Waals surface area contributed by atoms with Crippen molar-refractivity contribution in [2.75, 3.05) is 6.54 Å². The summed E-state index contributed by atoms with van der Waals surface area (Å²) in [6.07, 6.45) is 9.18. The van der Waals surface area contributed by atoms with Crippen LogP contribution in [0, 0.1) is 0 Å². The first-order chi connectivity index (χ1) is 7.36. The molecular formula is C14H18N+. The van der Waals surface area contributed by atoms with Crippen LogP contribution in [0.25, 0.3) is 6.08 Å². The topological polar surface area (TPSA) is 3.01 Å². The molecule has 1 aromatic carbocycles. The molecule has 0 amide bonds. The van der Waals surface area contributed by atoms with E-state index in [1.165, 1.54) is 24.9 Å². The van der Waals surface area contributed by atoms with Crippen LogP contribution < -0.4 is 0 Å². The van der Waals surface area contributed by atoms with Crippen LogP contribution in [0.5, 0.6) is 0 Å². The van der Waals surface area contributed by atoms with Crippen LogP contribution in [0.1, 0.15) is 25.3 Å². The third-order valence-corrected chi connectivity index (χ3v) is 2.97. The Morgan fingerprint density at radius 1 is 1.27 bits per heavy atom. The van der Waals surface area contributed by atoms with Gasteiger partial charge in [-0.15, -0.1) is 0 Å². The lowest BCUT2D eigenvalue weighted by molar-refractivity contribution is -0.534. The molecule has 78 valence electrons. The maximum atomic E-state index is 2.42. The Bertz CT molecular complexity index is 362. The zero-order chi connectivity index (χ0) is 10.5. The van der Waals surface area contributed by atoms with E-state index in [9.17, 15) is 0 Å². The lowest BCUT2D eigenvalue weighted by atomic mass is 10.2. The van der Waals surface area contributed by atoms with Gasteiger partial charge in [-0.2, -0.15) is 0 Å². The molecule has 2 rings (SSSR count). The molecule has 1 heterocycles. The molecule has 15 heavy (non-hydrogen) atoms. The molecule has 1 aliphatic heterocycles. The summed E-state index contributed by atoms with van der Waals surface area (Å²) in [5, 5.41) is 0. The summed E-state index contributed by atoms with van der Waals surface area (Å²) in [6.45, 7) is 3.50. The van der Waals surface area contributed by atoms with E-state index in [-0.39, 0.29) is 0 Å². The van der Waals surface area contributed by atoms with Gasteiger partial charge in [-0.25, -0.2) is 4.58 Å². The molecule has 1 fully saturated rings. The fraction of sp³-hybridized carbons (Fsp3) is 0.357. The average molecular weight is 200 g/mol. The van der Waals surface area contributed by atoms with Gasteiger partial charge in [0.1, 0.15) is 12.6 Å². The second-order valence-corrected chi connectivity index (χ2v) is 4.15. The molecule has 0 spiro atoms. The molecule has 0 N–H and O–H groups in total. The Morgan fingerprint density at radius 3 is 2.73 bits per heavy atom. The van der Waals surface area contributed by atoms with Crippen molar-refractivity contribution in [3.05, 3.63) is 42.0 Å². The minimum atomic E-state index is 0.713. The zero-order valence-electron chi connectivity index (χ0n) is 9.26. The normalized spacial score (nSPS) is 24.1. The second-order valence-electron chi connectivity index (χ2n) is 4.15. The van der Waals surface area contributed by atoms with Crippen molar-refractivity contribution < 1.29 is 4.58 Å². The average Bonchev–Trinajstić information content (AvgIpc) is 2.66. The van der Waals surface area contributed by atoms with Crippen molar-refractivity contribution in [1.29, 1.82) is 0 Å². The summed E-state index contributed by atoms with van der Waals surface area (Å²) in [4.78, 5) is 0. The fourth-order valence-electron chi connectivity index (χ4n) is 2.01. The molecule has 0 aromatic heterocycles. The third kappa shape index (κ3) is 2.79. The molecule has 1 saturated heterocycles. The number of rotatable bonds is 2. The summed E-state index contributed by atoms with van der Waals surface area (Å²) in [6, 6.07) is 11.1. The van der Waals surface area contributed by atoms with Crippen LogP contribution in [-0.4, -0.2) is 23.4 Å². The smallest absolute Gasteiger partial charge is 0.163 e. The molecule has 1 aromatic rings. The summed E-state index contributed by atoms with van der Waals surface area (Å²) < 4.78 is 2.42. The van der Waals surface area contributed by atoms with Gasteiger partial charge < -0.3 is 0 Å². The monoisotopic (exact) mass is 200 g/mol. The molecule has 0 saturated carbocycles. The Morgan fingerprint density at radius 2 is 2.07 bits per heavy atom. The maximum Gasteiger partial charge on any atom is 0.163 e. The summed E-state index contributed by atoms with van der Waals surface area (Å²) in [5.41, 5.74) is 1.26. The molecule has 0 aliphatic carbocycles. The summed E-state index contributed by atoms with van der Waals surface area (Å²) in [7, 11) is 0. The second kappa shape index (κ2) is 4.92. The van der Waals surface area contributed by atoms with E-state index in [2.05, 4.69) is 54.1 Å². The molecule has 1 atom stereocenters. The van der Waals surface area contributed by atoms with E-state index in [1.54, 1.807) is 0 Å². The van der Waals surface area contributed by atoms with Gasteiger partial charge in [0, 0.05) is 18.9 Å². The van der Waals surface area contributed by atoms with Crippen LogP contribution in [-0.2, 0) is 0 Å². The van der Waals surface area contributed by atoms with Crippen LogP contribution in [0.3, 0.4) is 0 Å². The van der Waals surface area contributed by atoms with Gasteiger partial charge >= 0.3 is 0 Å². The Kier molecular flexibility index (Phi) is 3.33. The van der Waals surface area contributed by atoms with E-state index in [0.717, 1.165) is 0 Å². The van der Waals surface area contributed by atoms with E-state index < -0.39 is 0 Å². The van der Waals surface area contributed by atoms with E-state index in [0.29, 0.717) is 6.04 Å². The maximum absolute atomic E-state index is 2.42. The predicted molar refractivity (Wildman–Crippen MR) is 65.4 cm³/mol. The molecular weight excluding hydrogens is 182 g/mol. The van der Waals surface area contributed by atoms with Gasteiger partial charge in [0.05, 0.1) is 0 Å². The highest BCUT2D eigenvalue weighted by atomic mass is 15.0. The van der Waals surface area contributed by atoms with Crippen molar-refractivity contribution in [1.82, 2.24) is 0 Å².